The first kappa shape index (κ1) is 15.3. The van der Waals surface area contributed by atoms with Gasteiger partial charge in [0.25, 0.3) is 5.91 Å². The first-order valence-corrected chi connectivity index (χ1v) is 8.27. The van der Waals surface area contributed by atoms with E-state index in [1.807, 2.05) is 0 Å². The Bertz CT molecular complexity index is 476. The second kappa shape index (κ2) is 6.57. The van der Waals surface area contributed by atoms with Crippen molar-refractivity contribution in [2.75, 3.05) is 18.5 Å². The molecule has 2 rings (SSSR count). The van der Waals surface area contributed by atoms with Crippen molar-refractivity contribution >= 4 is 49.4 Å². The van der Waals surface area contributed by atoms with E-state index in [4.69, 9.17) is 16.3 Å². The summed E-state index contributed by atoms with van der Waals surface area (Å²) in [7, 11) is 0. The molecule has 1 heterocycles. The van der Waals surface area contributed by atoms with E-state index in [0.29, 0.717) is 29.1 Å². The van der Waals surface area contributed by atoms with Crippen LogP contribution in [0.25, 0.3) is 0 Å². The van der Waals surface area contributed by atoms with Gasteiger partial charge in [0.05, 0.1) is 11.1 Å². The number of alkyl halides is 1. The van der Waals surface area contributed by atoms with Crippen molar-refractivity contribution in [3.05, 3.63) is 33.3 Å². The summed E-state index contributed by atoms with van der Waals surface area (Å²) < 4.78 is 6.10. The molecule has 0 radical (unpaired) electrons. The summed E-state index contributed by atoms with van der Waals surface area (Å²) in [5, 5.41) is 4.38. The summed E-state index contributed by atoms with van der Waals surface area (Å²) in [5.74, 6) is -0.115. The minimum absolute atomic E-state index is 0.115. The minimum atomic E-state index is -0.239. The van der Waals surface area contributed by atoms with Gasteiger partial charge in [0, 0.05) is 28.0 Å². The summed E-state index contributed by atoms with van der Waals surface area (Å²) in [6.45, 7) is 1.34. The normalized spacial score (nSPS) is 18.1. The first-order chi connectivity index (χ1) is 9.06. The quantitative estimate of drug-likeness (QED) is 0.769. The molecule has 3 nitrogen and oxygen atoms in total. The number of halogens is 3. The molecule has 1 aromatic rings. The zero-order valence-corrected chi connectivity index (χ0v) is 14.1. The van der Waals surface area contributed by atoms with Gasteiger partial charge in [-0.25, -0.2) is 0 Å². The molecule has 1 saturated heterocycles. The van der Waals surface area contributed by atoms with Crippen molar-refractivity contribution in [2.45, 2.75) is 18.4 Å². The van der Waals surface area contributed by atoms with Crippen LogP contribution in [0.5, 0.6) is 0 Å². The largest absolute Gasteiger partial charge is 0.381 e. The number of hydrogen-bond acceptors (Lipinski definition) is 2. The minimum Gasteiger partial charge on any atom is -0.381 e. The predicted molar refractivity (Wildman–Crippen MR) is 83.2 cm³/mol. The van der Waals surface area contributed by atoms with Crippen molar-refractivity contribution in [2.24, 2.45) is 0 Å². The van der Waals surface area contributed by atoms with Crippen LogP contribution in [0.2, 0.25) is 5.02 Å². The van der Waals surface area contributed by atoms with Crippen LogP contribution in [0.4, 0.5) is 0 Å². The molecule has 0 spiro atoms. The number of carbonyl (C=O) groups excluding carboxylic acids is 1. The molecule has 0 aliphatic carbocycles. The summed E-state index contributed by atoms with van der Waals surface area (Å²) in [4.78, 5) is 12.4. The lowest BCUT2D eigenvalue weighted by molar-refractivity contribution is 0.0441. The van der Waals surface area contributed by atoms with Crippen molar-refractivity contribution in [1.82, 2.24) is 5.32 Å². The van der Waals surface area contributed by atoms with Crippen molar-refractivity contribution in [3.63, 3.8) is 0 Å². The molecule has 0 bridgehead atoms. The third-order valence-electron chi connectivity index (χ3n) is 3.26. The maximum Gasteiger partial charge on any atom is 0.252 e. The Labute approximate surface area is 134 Å². The molecule has 1 N–H and O–H groups in total. The van der Waals surface area contributed by atoms with Crippen molar-refractivity contribution < 1.29 is 9.53 Å². The highest BCUT2D eigenvalue weighted by atomic mass is 79.9. The second-order valence-corrected chi connectivity index (χ2v) is 6.46. The Balaban J connectivity index is 2.17. The lowest BCUT2D eigenvalue weighted by Crippen LogP contribution is -2.53. The zero-order valence-electron chi connectivity index (χ0n) is 10.2. The molecule has 0 saturated carbocycles. The van der Waals surface area contributed by atoms with Gasteiger partial charge < -0.3 is 10.1 Å². The number of benzene rings is 1. The second-order valence-electron chi connectivity index (χ2n) is 4.60. The van der Waals surface area contributed by atoms with Gasteiger partial charge in [-0.1, -0.05) is 27.5 Å². The SMILES string of the molecule is O=C(NC1(CBr)CCOCC1)c1cc(Cl)ccc1Br. The van der Waals surface area contributed by atoms with E-state index >= 15 is 0 Å². The van der Waals surface area contributed by atoms with Crippen LogP contribution in [0.3, 0.4) is 0 Å². The molecular formula is C13H14Br2ClNO2. The van der Waals surface area contributed by atoms with Crippen LogP contribution in [0.1, 0.15) is 23.2 Å². The predicted octanol–water partition coefficient (Wildman–Crippen LogP) is 3.78. The zero-order chi connectivity index (χ0) is 13.9. The Morgan fingerprint density at radius 1 is 1.42 bits per heavy atom. The number of carbonyl (C=O) groups is 1. The van der Waals surface area contributed by atoms with Gasteiger partial charge in [-0.05, 0) is 47.0 Å². The first-order valence-electron chi connectivity index (χ1n) is 5.98. The highest BCUT2D eigenvalue weighted by Gasteiger charge is 2.33. The molecule has 0 atom stereocenters. The van der Waals surface area contributed by atoms with E-state index in [1.165, 1.54) is 0 Å². The topological polar surface area (TPSA) is 38.3 Å². The molecule has 1 aromatic carbocycles. The summed E-state index contributed by atoms with van der Waals surface area (Å²) >= 11 is 12.8. The fourth-order valence-electron chi connectivity index (χ4n) is 2.03. The van der Waals surface area contributed by atoms with Gasteiger partial charge in [0.2, 0.25) is 0 Å². The number of hydrogen-bond donors (Lipinski definition) is 1. The Morgan fingerprint density at radius 3 is 2.74 bits per heavy atom. The molecule has 1 aliphatic heterocycles. The van der Waals surface area contributed by atoms with Gasteiger partial charge in [-0.15, -0.1) is 0 Å². The standard InChI is InChI=1S/C13H14Br2ClNO2/c14-8-13(3-5-19-6-4-13)17-12(18)10-7-9(16)1-2-11(10)15/h1-2,7H,3-6,8H2,(H,17,18). The third-order valence-corrected chi connectivity index (χ3v) is 5.26. The Morgan fingerprint density at radius 2 is 2.11 bits per heavy atom. The Hall–Kier alpha value is -0.100. The average Bonchev–Trinajstić information content (AvgIpc) is 2.42. The third kappa shape index (κ3) is 3.72. The van der Waals surface area contributed by atoms with Gasteiger partial charge in [0.1, 0.15) is 0 Å². The van der Waals surface area contributed by atoms with E-state index in [9.17, 15) is 4.79 Å². The molecule has 6 heteroatoms. The number of amides is 1. The maximum absolute atomic E-state index is 12.4. The van der Waals surface area contributed by atoms with Crippen LogP contribution in [-0.2, 0) is 4.74 Å². The summed E-state index contributed by atoms with van der Waals surface area (Å²) in [6, 6.07) is 5.20. The average molecular weight is 412 g/mol. The smallest absolute Gasteiger partial charge is 0.252 e. The molecule has 0 aromatic heterocycles. The van der Waals surface area contributed by atoms with Crippen LogP contribution in [-0.4, -0.2) is 30.0 Å². The van der Waals surface area contributed by atoms with E-state index in [0.717, 1.165) is 17.3 Å². The lowest BCUT2D eigenvalue weighted by atomic mass is 9.92. The van der Waals surface area contributed by atoms with E-state index in [2.05, 4.69) is 37.2 Å². The monoisotopic (exact) mass is 409 g/mol. The molecule has 19 heavy (non-hydrogen) atoms. The van der Waals surface area contributed by atoms with Gasteiger partial charge in [-0.2, -0.15) is 0 Å². The fourth-order valence-corrected chi connectivity index (χ4v) is 3.33. The van der Waals surface area contributed by atoms with Crippen molar-refractivity contribution in [3.8, 4) is 0 Å². The molecule has 1 fully saturated rings. The number of rotatable bonds is 3. The molecule has 1 aliphatic rings. The van der Waals surface area contributed by atoms with Crippen molar-refractivity contribution in [1.29, 1.82) is 0 Å². The highest BCUT2D eigenvalue weighted by molar-refractivity contribution is 9.10. The molecule has 104 valence electrons. The van der Waals surface area contributed by atoms with Crippen LogP contribution >= 0.6 is 43.5 Å². The van der Waals surface area contributed by atoms with E-state index in [-0.39, 0.29) is 11.4 Å². The van der Waals surface area contributed by atoms with Crippen LogP contribution < -0.4 is 5.32 Å². The van der Waals surface area contributed by atoms with E-state index in [1.54, 1.807) is 18.2 Å². The van der Waals surface area contributed by atoms with Crippen LogP contribution in [0, 0.1) is 0 Å². The molecular weight excluding hydrogens is 397 g/mol. The lowest BCUT2D eigenvalue weighted by Gasteiger charge is -2.36. The maximum atomic E-state index is 12.4. The number of ether oxygens (including phenoxy) is 1. The number of nitrogens with one attached hydrogen (secondary N) is 1. The van der Waals surface area contributed by atoms with E-state index < -0.39 is 0 Å². The van der Waals surface area contributed by atoms with Gasteiger partial charge >= 0.3 is 0 Å². The molecule has 0 unspecified atom stereocenters. The van der Waals surface area contributed by atoms with Crippen LogP contribution in [0.15, 0.2) is 22.7 Å². The molecule has 1 amide bonds. The van der Waals surface area contributed by atoms with Gasteiger partial charge in [0.15, 0.2) is 0 Å². The Kier molecular flexibility index (Phi) is 5.29. The van der Waals surface area contributed by atoms with Gasteiger partial charge in [-0.3, -0.25) is 4.79 Å². The summed E-state index contributed by atoms with van der Waals surface area (Å²) in [6.07, 6.45) is 1.62. The summed E-state index contributed by atoms with van der Waals surface area (Å²) in [5.41, 5.74) is 0.316. The fraction of sp³-hybridized carbons (Fsp3) is 0.462. The highest BCUT2D eigenvalue weighted by Crippen LogP contribution is 2.26.